The Morgan fingerprint density at radius 3 is 2.31 bits per heavy atom. The maximum Gasteiger partial charge on any atom is 0.338 e. The standard InChI is InChI=1S/C23H30O3/c1-4-6-7-20(16-19-10-8-18(3)9-11-19)17-26-22-14-12-21(13-15-22)23(24)25-5-2/h8-15,20H,4-7,16-17H2,1-3H3. The van der Waals surface area contributed by atoms with E-state index in [4.69, 9.17) is 9.47 Å². The van der Waals surface area contributed by atoms with Gasteiger partial charge in [-0.2, -0.15) is 0 Å². The summed E-state index contributed by atoms with van der Waals surface area (Å²) in [7, 11) is 0. The molecule has 1 atom stereocenters. The topological polar surface area (TPSA) is 35.5 Å². The Hall–Kier alpha value is -2.29. The highest BCUT2D eigenvalue weighted by Crippen LogP contribution is 2.19. The first kappa shape index (κ1) is 20.0. The lowest BCUT2D eigenvalue weighted by molar-refractivity contribution is 0.0526. The highest BCUT2D eigenvalue weighted by molar-refractivity contribution is 5.89. The van der Waals surface area contributed by atoms with Crippen molar-refractivity contribution in [1.29, 1.82) is 0 Å². The third-order valence-electron chi connectivity index (χ3n) is 4.46. The second-order valence-electron chi connectivity index (χ2n) is 6.75. The van der Waals surface area contributed by atoms with Gasteiger partial charge in [0, 0.05) is 0 Å². The molecule has 2 aromatic carbocycles. The summed E-state index contributed by atoms with van der Waals surface area (Å²) >= 11 is 0. The summed E-state index contributed by atoms with van der Waals surface area (Å²) in [6.07, 6.45) is 4.59. The molecule has 0 bridgehead atoms. The van der Waals surface area contributed by atoms with Gasteiger partial charge in [0.25, 0.3) is 0 Å². The Kier molecular flexibility index (Phi) is 8.20. The van der Waals surface area contributed by atoms with Crippen LogP contribution in [-0.2, 0) is 11.2 Å². The number of benzene rings is 2. The number of rotatable bonds is 10. The summed E-state index contributed by atoms with van der Waals surface area (Å²) in [6.45, 7) is 7.21. The summed E-state index contributed by atoms with van der Waals surface area (Å²) in [4.78, 5) is 11.7. The van der Waals surface area contributed by atoms with Gasteiger partial charge < -0.3 is 9.47 Å². The lowest BCUT2D eigenvalue weighted by Crippen LogP contribution is -2.15. The monoisotopic (exact) mass is 354 g/mol. The molecule has 2 rings (SSSR count). The smallest absolute Gasteiger partial charge is 0.338 e. The van der Waals surface area contributed by atoms with E-state index in [2.05, 4.69) is 38.1 Å². The second kappa shape index (κ2) is 10.6. The summed E-state index contributed by atoms with van der Waals surface area (Å²) in [5, 5.41) is 0. The van der Waals surface area contributed by atoms with Crippen LogP contribution in [0.4, 0.5) is 0 Å². The molecular weight excluding hydrogens is 324 g/mol. The van der Waals surface area contributed by atoms with E-state index < -0.39 is 0 Å². The lowest BCUT2D eigenvalue weighted by atomic mass is 9.94. The largest absolute Gasteiger partial charge is 0.493 e. The summed E-state index contributed by atoms with van der Waals surface area (Å²) in [5.41, 5.74) is 3.20. The van der Waals surface area contributed by atoms with Crippen molar-refractivity contribution < 1.29 is 14.3 Å². The van der Waals surface area contributed by atoms with Crippen LogP contribution in [-0.4, -0.2) is 19.2 Å². The SMILES string of the molecule is CCCCC(COc1ccc(C(=O)OCC)cc1)Cc1ccc(C)cc1. The highest BCUT2D eigenvalue weighted by atomic mass is 16.5. The van der Waals surface area contributed by atoms with Gasteiger partial charge in [0.1, 0.15) is 5.75 Å². The predicted octanol–water partition coefficient (Wildman–Crippen LogP) is 5.60. The number of esters is 1. The molecule has 0 aliphatic carbocycles. The average Bonchev–Trinajstić information content (AvgIpc) is 2.66. The van der Waals surface area contributed by atoms with Crippen LogP contribution in [0.2, 0.25) is 0 Å². The molecule has 26 heavy (non-hydrogen) atoms. The Morgan fingerprint density at radius 2 is 1.69 bits per heavy atom. The van der Waals surface area contributed by atoms with Crippen LogP contribution in [0.25, 0.3) is 0 Å². The van der Waals surface area contributed by atoms with Crippen molar-refractivity contribution >= 4 is 5.97 Å². The van der Waals surface area contributed by atoms with E-state index in [1.54, 1.807) is 19.1 Å². The van der Waals surface area contributed by atoms with Gasteiger partial charge in [-0.1, -0.05) is 49.6 Å². The van der Waals surface area contributed by atoms with Gasteiger partial charge in [-0.05, 0) is 62.4 Å². The molecule has 0 saturated carbocycles. The first-order valence-electron chi connectivity index (χ1n) is 9.57. The van der Waals surface area contributed by atoms with Gasteiger partial charge >= 0.3 is 5.97 Å². The fraction of sp³-hybridized carbons (Fsp3) is 0.435. The van der Waals surface area contributed by atoms with Crippen molar-refractivity contribution in [2.75, 3.05) is 13.2 Å². The van der Waals surface area contributed by atoms with Crippen molar-refractivity contribution in [3.8, 4) is 5.75 Å². The quantitative estimate of drug-likeness (QED) is 0.521. The zero-order valence-corrected chi connectivity index (χ0v) is 16.2. The van der Waals surface area contributed by atoms with Crippen molar-refractivity contribution in [1.82, 2.24) is 0 Å². The number of carbonyl (C=O) groups excluding carboxylic acids is 1. The van der Waals surface area contributed by atoms with E-state index in [9.17, 15) is 4.79 Å². The molecule has 1 unspecified atom stereocenters. The minimum Gasteiger partial charge on any atom is -0.493 e. The van der Waals surface area contributed by atoms with E-state index >= 15 is 0 Å². The zero-order valence-electron chi connectivity index (χ0n) is 16.2. The minimum absolute atomic E-state index is 0.292. The lowest BCUT2D eigenvalue weighted by Gasteiger charge is -2.18. The summed E-state index contributed by atoms with van der Waals surface area (Å²) in [6, 6.07) is 16.0. The first-order valence-corrected chi connectivity index (χ1v) is 9.57. The van der Waals surface area contributed by atoms with Crippen molar-refractivity contribution in [3.63, 3.8) is 0 Å². The molecule has 140 valence electrons. The average molecular weight is 354 g/mol. The molecule has 0 spiro atoms. The summed E-state index contributed by atoms with van der Waals surface area (Å²) in [5.74, 6) is 0.991. The van der Waals surface area contributed by atoms with Crippen LogP contribution in [0.15, 0.2) is 48.5 Å². The molecule has 0 aliphatic rings. The van der Waals surface area contributed by atoms with E-state index in [0.717, 1.165) is 18.6 Å². The van der Waals surface area contributed by atoms with Gasteiger partial charge in [0.2, 0.25) is 0 Å². The maximum absolute atomic E-state index is 11.7. The van der Waals surface area contributed by atoms with E-state index in [0.29, 0.717) is 24.7 Å². The zero-order chi connectivity index (χ0) is 18.8. The third kappa shape index (κ3) is 6.55. The third-order valence-corrected chi connectivity index (χ3v) is 4.46. The van der Waals surface area contributed by atoms with E-state index in [-0.39, 0.29) is 5.97 Å². The molecule has 0 saturated heterocycles. The molecule has 0 amide bonds. The fourth-order valence-corrected chi connectivity index (χ4v) is 2.91. The Morgan fingerprint density at radius 1 is 1.00 bits per heavy atom. The van der Waals surface area contributed by atoms with Crippen LogP contribution in [0.1, 0.15) is 54.6 Å². The normalized spacial score (nSPS) is 11.8. The minimum atomic E-state index is -0.292. The number of hydrogen-bond donors (Lipinski definition) is 0. The number of aryl methyl sites for hydroxylation is 1. The van der Waals surface area contributed by atoms with Gasteiger partial charge in [0.15, 0.2) is 0 Å². The molecule has 0 radical (unpaired) electrons. The van der Waals surface area contributed by atoms with Gasteiger partial charge in [-0.3, -0.25) is 0 Å². The van der Waals surface area contributed by atoms with Crippen LogP contribution < -0.4 is 4.74 Å². The Bertz CT molecular complexity index is 659. The maximum atomic E-state index is 11.7. The van der Waals surface area contributed by atoms with E-state index in [1.807, 2.05) is 12.1 Å². The number of hydrogen-bond acceptors (Lipinski definition) is 3. The molecular formula is C23H30O3. The summed E-state index contributed by atoms with van der Waals surface area (Å²) < 4.78 is 11.0. The Balaban J connectivity index is 1.93. The van der Waals surface area contributed by atoms with Crippen LogP contribution in [0.5, 0.6) is 5.75 Å². The van der Waals surface area contributed by atoms with Gasteiger partial charge in [-0.15, -0.1) is 0 Å². The predicted molar refractivity (Wildman–Crippen MR) is 106 cm³/mol. The molecule has 0 fully saturated rings. The first-order chi connectivity index (χ1) is 12.6. The number of carbonyl (C=O) groups is 1. The number of ether oxygens (including phenoxy) is 2. The molecule has 0 heterocycles. The molecule has 0 N–H and O–H groups in total. The molecule has 2 aromatic rings. The number of unbranched alkanes of at least 4 members (excludes halogenated alkanes) is 1. The Labute approximate surface area is 157 Å². The van der Waals surface area contributed by atoms with Gasteiger partial charge in [-0.25, -0.2) is 4.79 Å². The van der Waals surface area contributed by atoms with Crippen molar-refractivity contribution in [2.24, 2.45) is 5.92 Å². The van der Waals surface area contributed by atoms with Gasteiger partial charge in [0.05, 0.1) is 18.8 Å². The van der Waals surface area contributed by atoms with Crippen molar-refractivity contribution in [2.45, 2.75) is 46.5 Å². The molecule has 3 heteroatoms. The van der Waals surface area contributed by atoms with Crippen molar-refractivity contribution in [3.05, 3.63) is 65.2 Å². The molecule has 0 aromatic heterocycles. The second-order valence-corrected chi connectivity index (χ2v) is 6.75. The molecule has 0 aliphatic heterocycles. The van der Waals surface area contributed by atoms with Crippen LogP contribution in [0, 0.1) is 12.8 Å². The van der Waals surface area contributed by atoms with Crippen LogP contribution in [0.3, 0.4) is 0 Å². The fourth-order valence-electron chi connectivity index (χ4n) is 2.91. The highest BCUT2D eigenvalue weighted by Gasteiger charge is 2.12. The van der Waals surface area contributed by atoms with E-state index in [1.165, 1.54) is 24.0 Å². The van der Waals surface area contributed by atoms with Crippen LogP contribution >= 0.6 is 0 Å². The molecule has 3 nitrogen and oxygen atoms in total.